The van der Waals surface area contributed by atoms with Crippen LogP contribution in [0, 0.1) is 5.41 Å². The van der Waals surface area contributed by atoms with Crippen molar-refractivity contribution in [3.63, 3.8) is 0 Å². The number of hydrazine groups is 1. The summed E-state index contributed by atoms with van der Waals surface area (Å²) >= 11 is 0. The van der Waals surface area contributed by atoms with E-state index in [-0.39, 0.29) is 5.91 Å². The van der Waals surface area contributed by atoms with Gasteiger partial charge in [-0.2, -0.15) is 0 Å². The monoisotopic (exact) mass is 420 g/mol. The smallest absolute Gasteiger partial charge is 0.250 e. The standard InChI is InChI=1S/C28H24N2O2/c1-28(2)26(31)29-30-23-11-7-6-10-21(23)25-22-17-19(16-18-8-4-3-5-9-18)12-13-20(22)14-15-24(25)32-27(28)30/h3-15,17,27H,16H2,1-2H3,(H,29,31). The lowest BCUT2D eigenvalue weighted by atomic mass is 9.91. The summed E-state index contributed by atoms with van der Waals surface area (Å²) in [5.74, 6) is 0.769. The van der Waals surface area contributed by atoms with Crippen LogP contribution in [0.25, 0.3) is 21.9 Å². The molecule has 2 heterocycles. The molecule has 0 bridgehead atoms. The van der Waals surface area contributed by atoms with E-state index in [2.05, 4.69) is 66.1 Å². The number of carbonyl (C=O) groups excluding carboxylic acids is 1. The van der Waals surface area contributed by atoms with Crippen molar-refractivity contribution in [1.29, 1.82) is 0 Å². The quantitative estimate of drug-likeness (QED) is 0.453. The van der Waals surface area contributed by atoms with Crippen molar-refractivity contribution >= 4 is 22.4 Å². The number of anilines is 1. The molecule has 158 valence electrons. The highest BCUT2D eigenvalue weighted by molar-refractivity contribution is 6.04. The van der Waals surface area contributed by atoms with E-state index in [4.69, 9.17) is 4.74 Å². The van der Waals surface area contributed by atoms with Gasteiger partial charge in [-0.3, -0.25) is 10.2 Å². The van der Waals surface area contributed by atoms with Gasteiger partial charge in [0.25, 0.3) is 0 Å². The van der Waals surface area contributed by atoms with Gasteiger partial charge in [-0.15, -0.1) is 0 Å². The third-order valence-corrected chi connectivity index (χ3v) is 6.63. The third-order valence-electron chi connectivity index (χ3n) is 6.63. The number of carbonyl (C=O) groups is 1. The van der Waals surface area contributed by atoms with E-state index in [0.717, 1.165) is 34.4 Å². The average Bonchev–Trinajstić information content (AvgIpc) is 2.94. The first-order chi connectivity index (χ1) is 15.5. The van der Waals surface area contributed by atoms with E-state index in [1.54, 1.807) is 0 Å². The van der Waals surface area contributed by atoms with Crippen LogP contribution in [0.3, 0.4) is 0 Å². The zero-order valence-electron chi connectivity index (χ0n) is 18.1. The number of hydrogen-bond acceptors (Lipinski definition) is 3. The Morgan fingerprint density at radius 1 is 0.906 bits per heavy atom. The number of rotatable bonds is 2. The normalized spacial score (nSPS) is 18.2. The number of hydrogen-bond donors (Lipinski definition) is 1. The summed E-state index contributed by atoms with van der Waals surface area (Å²) in [5.41, 5.74) is 7.99. The van der Waals surface area contributed by atoms with E-state index in [0.29, 0.717) is 0 Å². The Balaban J connectivity index is 1.56. The van der Waals surface area contributed by atoms with Gasteiger partial charge >= 0.3 is 0 Å². The molecule has 0 aliphatic carbocycles. The highest BCUT2D eigenvalue weighted by Crippen LogP contribution is 2.48. The van der Waals surface area contributed by atoms with E-state index in [9.17, 15) is 4.79 Å². The Kier molecular flexibility index (Phi) is 4.06. The molecule has 0 spiro atoms. The van der Waals surface area contributed by atoms with Crippen molar-refractivity contribution in [2.75, 3.05) is 5.01 Å². The number of amides is 1. The lowest BCUT2D eigenvalue weighted by Crippen LogP contribution is -2.43. The predicted molar refractivity (Wildman–Crippen MR) is 127 cm³/mol. The lowest BCUT2D eigenvalue weighted by Gasteiger charge is -2.29. The van der Waals surface area contributed by atoms with Crippen LogP contribution in [0.1, 0.15) is 25.0 Å². The van der Waals surface area contributed by atoms with E-state index in [1.807, 2.05) is 43.1 Å². The molecule has 4 aromatic carbocycles. The zero-order chi connectivity index (χ0) is 21.9. The summed E-state index contributed by atoms with van der Waals surface area (Å²) in [6.45, 7) is 3.86. The molecular weight excluding hydrogens is 396 g/mol. The molecule has 4 nitrogen and oxygen atoms in total. The highest BCUT2D eigenvalue weighted by atomic mass is 16.5. The molecule has 1 fully saturated rings. The molecule has 0 aromatic heterocycles. The van der Waals surface area contributed by atoms with Gasteiger partial charge in [0.05, 0.1) is 5.69 Å². The van der Waals surface area contributed by atoms with Crippen molar-refractivity contribution in [3.8, 4) is 16.9 Å². The van der Waals surface area contributed by atoms with E-state index < -0.39 is 11.6 Å². The van der Waals surface area contributed by atoms with Crippen molar-refractivity contribution in [3.05, 3.63) is 96.1 Å². The first-order valence-electron chi connectivity index (χ1n) is 11.0. The molecule has 0 radical (unpaired) electrons. The number of nitrogens with zero attached hydrogens (tertiary/aromatic N) is 1. The van der Waals surface area contributed by atoms with Crippen LogP contribution in [-0.4, -0.2) is 12.1 Å². The Morgan fingerprint density at radius 3 is 2.50 bits per heavy atom. The summed E-state index contributed by atoms with van der Waals surface area (Å²) in [7, 11) is 0. The number of para-hydroxylation sites is 1. The molecule has 1 saturated heterocycles. The molecule has 1 atom stereocenters. The first kappa shape index (κ1) is 18.9. The number of fused-ring (bicyclic) bond motifs is 7. The van der Waals surface area contributed by atoms with Crippen LogP contribution < -0.4 is 15.2 Å². The van der Waals surface area contributed by atoms with Crippen molar-refractivity contribution in [2.45, 2.75) is 26.5 Å². The van der Waals surface area contributed by atoms with Crippen molar-refractivity contribution < 1.29 is 9.53 Å². The fourth-order valence-corrected chi connectivity index (χ4v) is 4.81. The zero-order valence-corrected chi connectivity index (χ0v) is 18.1. The van der Waals surface area contributed by atoms with Crippen LogP contribution in [0.4, 0.5) is 5.69 Å². The number of benzene rings is 4. The molecule has 6 rings (SSSR count). The van der Waals surface area contributed by atoms with Gasteiger partial charge in [0.1, 0.15) is 11.2 Å². The SMILES string of the molecule is CC1(C)C(=O)NN2c3ccccc3-c3c(ccc4ccc(Cc5ccccc5)cc34)OC21. The molecule has 4 heteroatoms. The Hall–Kier alpha value is -3.79. The molecule has 1 unspecified atom stereocenters. The molecule has 2 aliphatic heterocycles. The highest BCUT2D eigenvalue weighted by Gasteiger charge is 2.51. The van der Waals surface area contributed by atoms with Crippen LogP contribution in [0.5, 0.6) is 5.75 Å². The summed E-state index contributed by atoms with van der Waals surface area (Å²) in [5, 5.41) is 4.22. The summed E-state index contributed by atoms with van der Waals surface area (Å²) in [6, 6.07) is 29.5. The molecular formula is C28H24N2O2. The molecule has 2 aliphatic rings. The van der Waals surface area contributed by atoms with Gasteiger partial charge in [0.15, 0.2) is 0 Å². The van der Waals surface area contributed by atoms with Gasteiger partial charge in [-0.05, 0) is 54.3 Å². The minimum atomic E-state index is -0.682. The number of ether oxygens (including phenoxy) is 1. The average molecular weight is 421 g/mol. The Morgan fingerprint density at radius 2 is 1.66 bits per heavy atom. The van der Waals surface area contributed by atoms with Gasteiger partial charge < -0.3 is 4.74 Å². The molecule has 1 amide bonds. The minimum absolute atomic E-state index is 0.0355. The second kappa shape index (κ2) is 6.86. The largest absolute Gasteiger partial charge is 0.467 e. The van der Waals surface area contributed by atoms with Gasteiger partial charge in [-0.25, -0.2) is 5.01 Å². The van der Waals surface area contributed by atoms with Crippen molar-refractivity contribution in [2.24, 2.45) is 5.41 Å². The van der Waals surface area contributed by atoms with Crippen LogP contribution >= 0.6 is 0 Å². The molecule has 32 heavy (non-hydrogen) atoms. The second-order valence-electron chi connectivity index (χ2n) is 9.18. The topological polar surface area (TPSA) is 41.6 Å². The summed E-state index contributed by atoms with van der Waals surface area (Å²) < 4.78 is 6.56. The lowest BCUT2D eigenvalue weighted by molar-refractivity contribution is -0.128. The van der Waals surface area contributed by atoms with Crippen LogP contribution in [-0.2, 0) is 11.2 Å². The van der Waals surface area contributed by atoms with E-state index >= 15 is 0 Å². The molecule has 4 aromatic rings. The fourth-order valence-electron chi connectivity index (χ4n) is 4.81. The minimum Gasteiger partial charge on any atom is -0.467 e. The van der Waals surface area contributed by atoms with Crippen LogP contribution in [0.2, 0.25) is 0 Å². The van der Waals surface area contributed by atoms with Crippen LogP contribution in [0.15, 0.2) is 84.9 Å². The summed E-state index contributed by atoms with van der Waals surface area (Å²) in [4.78, 5) is 12.7. The van der Waals surface area contributed by atoms with Gasteiger partial charge in [-0.1, -0.05) is 72.8 Å². The Bertz CT molecular complexity index is 1360. The van der Waals surface area contributed by atoms with Crippen molar-refractivity contribution in [1.82, 2.24) is 5.43 Å². The fraction of sp³-hybridized carbons (Fsp3) is 0.179. The molecule has 1 N–H and O–H groups in total. The van der Waals surface area contributed by atoms with Gasteiger partial charge in [0.2, 0.25) is 12.1 Å². The third kappa shape index (κ3) is 2.79. The van der Waals surface area contributed by atoms with Gasteiger partial charge in [0, 0.05) is 11.1 Å². The second-order valence-corrected chi connectivity index (χ2v) is 9.18. The van der Waals surface area contributed by atoms with E-state index in [1.165, 1.54) is 16.5 Å². The number of nitrogens with one attached hydrogen (secondary N) is 1. The first-order valence-corrected chi connectivity index (χ1v) is 11.0. The summed E-state index contributed by atoms with van der Waals surface area (Å²) in [6.07, 6.45) is 0.447. The maximum Gasteiger partial charge on any atom is 0.250 e. The predicted octanol–water partition coefficient (Wildman–Crippen LogP) is 5.69. The maximum absolute atomic E-state index is 12.7. The molecule has 0 saturated carbocycles. The maximum atomic E-state index is 12.7. The Labute approximate surface area is 187 Å².